The highest BCUT2D eigenvalue weighted by molar-refractivity contribution is 7.99. The summed E-state index contributed by atoms with van der Waals surface area (Å²) in [5.41, 5.74) is 0. The van der Waals surface area contributed by atoms with Crippen molar-refractivity contribution in [3.63, 3.8) is 0 Å². The van der Waals surface area contributed by atoms with Gasteiger partial charge in [0.25, 0.3) is 0 Å². The molecule has 0 N–H and O–H groups in total. The van der Waals surface area contributed by atoms with Gasteiger partial charge in [0.15, 0.2) is 0 Å². The van der Waals surface area contributed by atoms with Gasteiger partial charge < -0.3 is 4.90 Å². The molecule has 0 aromatic heterocycles. The fourth-order valence-electron chi connectivity index (χ4n) is 0.692. The lowest BCUT2D eigenvalue weighted by Crippen LogP contribution is -2.27. The van der Waals surface area contributed by atoms with Crippen LogP contribution in [0.1, 0.15) is 0 Å². The van der Waals surface area contributed by atoms with Crippen LogP contribution < -0.4 is 0 Å². The molecule has 1 saturated heterocycles. The Morgan fingerprint density at radius 1 is 1.38 bits per heavy atom. The minimum absolute atomic E-state index is 1.07. The summed E-state index contributed by atoms with van der Waals surface area (Å²) in [5, 5.41) is 0. The Kier molecular flexibility index (Phi) is 2.11. The van der Waals surface area contributed by atoms with Crippen molar-refractivity contribution in [3.05, 3.63) is 0 Å². The van der Waals surface area contributed by atoms with Crippen LogP contribution >= 0.6 is 11.8 Å². The second-order valence-corrected chi connectivity index (χ2v) is 2.95. The smallest absolute Gasteiger partial charge is 0.0351 e. The standard InChI is InChI=1S/C6H9NS/c1-2-7-3-5-8-6-4-7/h1H,3-6H2. The normalized spacial score (nSPS) is 20.1. The molecule has 0 radical (unpaired) electrons. The van der Waals surface area contributed by atoms with E-state index in [4.69, 9.17) is 6.42 Å². The Balaban J connectivity index is 2.25. The maximum atomic E-state index is 5.17. The third kappa shape index (κ3) is 1.34. The lowest BCUT2D eigenvalue weighted by Gasteiger charge is -2.21. The van der Waals surface area contributed by atoms with Crippen LogP contribution in [0.2, 0.25) is 0 Å². The largest absolute Gasteiger partial charge is 0.331 e. The molecule has 1 heterocycles. The fourth-order valence-corrected chi connectivity index (χ4v) is 1.60. The van der Waals surface area contributed by atoms with Gasteiger partial charge in [-0.05, 0) is 0 Å². The number of hydrogen-bond donors (Lipinski definition) is 0. The first-order valence-electron chi connectivity index (χ1n) is 2.72. The summed E-state index contributed by atoms with van der Waals surface area (Å²) in [6, 6.07) is 2.62. The molecule has 1 aliphatic rings. The molecule has 0 unspecified atom stereocenters. The maximum Gasteiger partial charge on any atom is 0.0351 e. The fraction of sp³-hybridized carbons (Fsp3) is 0.667. The first kappa shape index (κ1) is 5.84. The predicted octanol–water partition coefficient (Wildman–Crippen LogP) is 0.626. The van der Waals surface area contributed by atoms with Gasteiger partial charge in [0.2, 0.25) is 0 Å². The topological polar surface area (TPSA) is 3.24 Å². The van der Waals surface area contributed by atoms with Crippen LogP contribution in [0.25, 0.3) is 0 Å². The van der Waals surface area contributed by atoms with Gasteiger partial charge in [-0.3, -0.25) is 0 Å². The van der Waals surface area contributed by atoms with Crippen molar-refractivity contribution in [2.75, 3.05) is 24.6 Å². The van der Waals surface area contributed by atoms with Gasteiger partial charge in [-0.25, -0.2) is 0 Å². The van der Waals surface area contributed by atoms with Gasteiger partial charge in [-0.2, -0.15) is 11.8 Å². The Morgan fingerprint density at radius 3 is 2.38 bits per heavy atom. The summed E-state index contributed by atoms with van der Waals surface area (Å²) in [6.45, 7) is 2.14. The monoisotopic (exact) mass is 127 g/mol. The molecule has 1 rings (SSSR count). The van der Waals surface area contributed by atoms with Crippen molar-refractivity contribution in [1.29, 1.82) is 0 Å². The van der Waals surface area contributed by atoms with E-state index < -0.39 is 0 Å². The molecule has 0 amide bonds. The molecule has 0 saturated carbocycles. The van der Waals surface area contributed by atoms with E-state index in [-0.39, 0.29) is 0 Å². The number of nitrogens with zero attached hydrogens (tertiary/aromatic N) is 1. The molecular weight excluding hydrogens is 118 g/mol. The molecule has 1 nitrogen and oxygen atoms in total. The number of terminal acetylenes is 1. The lowest BCUT2D eigenvalue weighted by molar-refractivity contribution is 0.442. The van der Waals surface area contributed by atoms with E-state index in [0.717, 1.165) is 13.1 Å². The highest BCUT2D eigenvalue weighted by Crippen LogP contribution is 2.06. The molecule has 0 aromatic carbocycles. The molecule has 2 heteroatoms. The second kappa shape index (κ2) is 2.88. The average Bonchev–Trinajstić information content (AvgIpc) is 1.90. The van der Waals surface area contributed by atoms with Crippen molar-refractivity contribution in [2.24, 2.45) is 0 Å². The molecule has 1 fully saturated rings. The maximum absolute atomic E-state index is 5.17. The first-order chi connectivity index (χ1) is 3.93. The Morgan fingerprint density at radius 2 is 2.00 bits per heavy atom. The lowest BCUT2D eigenvalue weighted by atomic mass is 10.5. The van der Waals surface area contributed by atoms with Crippen LogP contribution in [-0.2, 0) is 0 Å². The quantitative estimate of drug-likeness (QED) is 0.439. The Labute approximate surface area is 54.4 Å². The summed E-state index contributed by atoms with van der Waals surface area (Å²) in [5.74, 6) is 2.40. The highest BCUT2D eigenvalue weighted by atomic mass is 32.2. The number of rotatable bonds is 0. The second-order valence-electron chi connectivity index (χ2n) is 1.73. The van der Waals surface area contributed by atoms with Crippen molar-refractivity contribution in [1.82, 2.24) is 4.90 Å². The molecule has 44 valence electrons. The van der Waals surface area contributed by atoms with Crippen LogP contribution in [-0.4, -0.2) is 29.5 Å². The van der Waals surface area contributed by atoms with Gasteiger partial charge in [0.05, 0.1) is 0 Å². The van der Waals surface area contributed by atoms with Gasteiger partial charge in [0.1, 0.15) is 0 Å². The molecule has 0 aliphatic carbocycles. The van der Waals surface area contributed by atoms with Crippen molar-refractivity contribution in [3.8, 4) is 12.5 Å². The third-order valence-corrected chi connectivity index (χ3v) is 2.14. The van der Waals surface area contributed by atoms with Gasteiger partial charge in [0, 0.05) is 30.6 Å². The molecular formula is C6H9NS. The molecule has 0 atom stereocenters. The van der Waals surface area contributed by atoms with Crippen molar-refractivity contribution >= 4 is 11.8 Å². The SMILES string of the molecule is C#CN1CCSCC1. The molecule has 0 spiro atoms. The van der Waals surface area contributed by atoms with Gasteiger partial charge in [-0.15, -0.1) is 0 Å². The minimum Gasteiger partial charge on any atom is -0.331 e. The number of hydrogen-bond acceptors (Lipinski definition) is 2. The van der Waals surface area contributed by atoms with Crippen LogP contribution in [0.5, 0.6) is 0 Å². The van der Waals surface area contributed by atoms with E-state index in [1.807, 2.05) is 16.7 Å². The highest BCUT2D eigenvalue weighted by Gasteiger charge is 2.04. The Hall–Kier alpha value is -0.290. The van der Waals surface area contributed by atoms with Crippen LogP contribution in [0.3, 0.4) is 0 Å². The van der Waals surface area contributed by atoms with Crippen molar-refractivity contribution in [2.45, 2.75) is 0 Å². The summed E-state index contributed by atoms with van der Waals surface area (Å²) < 4.78 is 0. The zero-order chi connectivity index (χ0) is 5.82. The van der Waals surface area contributed by atoms with Crippen molar-refractivity contribution < 1.29 is 0 Å². The van der Waals surface area contributed by atoms with E-state index >= 15 is 0 Å². The Bertz CT molecular complexity index is 99.6. The summed E-state index contributed by atoms with van der Waals surface area (Å²) >= 11 is 1.98. The van der Waals surface area contributed by atoms with E-state index in [1.165, 1.54) is 11.5 Å². The first-order valence-corrected chi connectivity index (χ1v) is 3.88. The summed E-state index contributed by atoms with van der Waals surface area (Å²) in [4.78, 5) is 2.02. The summed E-state index contributed by atoms with van der Waals surface area (Å²) in [6.07, 6.45) is 5.17. The molecule has 1 aliphatic heterocycles. The van der Waals surface area contributed by atoms with E-state index in [2.05, 4.69) is 6.04 Å². The predicted molar refractivity (Wildman–Crippen MR) is 37.7 cm³/mol. The van der Waals surface area contributed by atoms with Crippen LogP contribution in [0, 0.1) is 12.5 Å². The van der Waals surface area contributed by atoms with E-state index in [1.54, 1.807) is 0 Å². The third-order valence-electron chi connectivity index (χ3n) is 1.19. The zero-order valence-electron chi connectivity index (χ0n) is 4.76. The average molecular weight is 127 g/mol. The van der Waals surface area contributed by atoms with Gasteiger partial charge >= 0.3 is 0 Å². The van der Waals surface area contributed by atoms with E-state index in [9.17, 15) is 0 Å². The number of thioether (sulfide) groups is 1. The molecule has 0 aromatic rings. The van der Waals surface area contributed by atoms with Crippen LogP contribution in [0.4, 0.5) is 0 Å². The minimum atomic E-state index is 1.07. The molecule has 8 heavy (non-hydrogen) atoms. The molecule has 0 bridgehead atoms. The zero-order valence-corrected chi connectivity index (χ0v) is 5.58. The van der Waals surface area contributed by atoms with Gasteiger partial charge in [-0.1, -0.05) is 6.42 Å². The van der Waals surface area contributed by atoms with Crippen LogP contribution in [0.15, 0.2) is 0 Å². The van der Waals surface area contributed by atoms with E-state index in [0.29, 0.717) is 0 Å². The summed E-state index contributed by atoms with van der Waals surface area (Å²) in [7, 11) is 0.